The summed E-state index contributed by atoms with van der Waals surface area (Å²) in [7, 11) is 0. The summed E-state index contributed by atoms with van der Waals surface area (Å²) in [5, 5.41) is 19.3. The highest BCUT2D eigenvalue weighted by atomic mass is 16.6. The van der Waals surface area contributed by atoms with E-state index in [4.69, 9.17) is 5.11 Å². The van der Waals surface area contributed by atoms with Crippen molar-refractivity contribution in [2.24, 2.45) is 0 Å². The minimum absolute atomic E-state index is 0.204. The fraction of sp³-hybridized carbons (Fsp3) is 0. The van der Waals surface area contributed by atoms with Gasteiger partial charge in [-0.2, -0.15) is 0 Å². The van der Waals surface area contributed by atoms with E-state index in [0.717, 1.165) is 6.07 Å². The Labute approximate surface area is 67.4 Å². The summed E-state index contributed by atoms with van der Waals surface area (Å²) in [5.74, 6) is -0.641. The number of phenolic OH excluding ortho intramolecular Hbond substituents is 1. The Bertz CT molecular complexity index is 334. The predicted octanol–water partition coefficient (Wildman–Crippen LogP) is 0.758. The summed E-state index contributed by atoms with van der Waals surface area (Å²) in [5.41, 5.74) is -0.694. The monoisotopic (exact) mass is 166 g/mol. The number of nitro benzene ring substituents is 1. The second kappa shape index (κ2) is 3.00. The molecule has 0 bridgehead atoms. The minimum atomic E-state index is -0.768. The lowest BCUT2D eigenvalue weighted by molar-refractivity contribution is -0.385. The largest absolute Gasteiger partial charge is 0.502 e. The molecule has 0 fully saturated rings. The highest BCUT2D eigenvalue weighted by molar-refractivity contribution is 5.82. The van der Waals surface area contributed by atoms with Gasteiger partial charge in [-0.1, -0.05) is 6.07 Å². The van der Waals surface area contributed by atoms with E-state index in [-0.39, 0.29) is 5.56 Å². The first-order valence-corrected chi connectivity index (χ1v) is 3.01. The number of carbonyl (C=O) groups excluding carboxylic acids is 1. The third-order valence-corrected chi connectivity index (χ3v) is 1.32. The Morgan fingerprint density at radius 3 is 2.67 bits per heavy atom. The number of nitro groups is 1. The van der Waals surface area contributed by atoms with E-state index in [1.165, 1.54) is 18.4 Å². The number of para-hydroxylation sites is 1. The number of hydrogen-bond acceptors (Lipinski definition) is 4. The van der Waals surface area contributed by atoms with Crippen molar-refractivity contribution in [2.75, 3.05) is 0 Å². The summed E-state index contributed by atoms with van der Waals surface area (Å²) in [6, 6.07) is 3.66. The second-order valence-corrected chi connectivity index (χ2v) is 2.03. The molecule has 0 amide bonds. The van der Waals surface area contributed by atoms with E-state index in [9.17, 15) is 14.9 Å². The van der Waals surface area contributed by atoms with Crippen LogP contribution in [0.2, 0.25) is 0 Å². The van der Waals surface area contributed by atoms with Crippen molar-refractivity contribution in [3.05, 3.63) is 33.9 Å². The first-order valence-electron chi connectivity index (χ1n) is 3.01. The van der Waals surface area contributed by atoms with Crippen LogP contribution in [0.5, 0.6) is 5.75 Å². The molecule has 0 aliphatic carbocycles. The Morgan fingerprint density at radius 2 is 2.17 bits per heavy atom. The van der Waals surface area contributed by atoms with Gasteiger partial charge in [0.25, 0.3) is 0 Å². The van der Waals surface area contributed by atoms with Crippen LogP contribution in [0.25, 0.3) is 0 Å². The maximum atomic E-state index is 10.2. The van der Waals surface area contributed by atoms with Gasteiger partial charge >= 0.3 is 5.69 Å². The van der Waals surface area contributed by atoms with Crippen molar-refractivity contribution in [3.63, 3.8) is 0 Å². The third kappa shape index (κ3) is 1.24. The highest BCUT2D eigenvalue weighted by Gasteiger charge is 2.15. The normalized spacial score (nSPS) is 9.33. The van der Waals surface area contributed by atoms with E-state index in [2.05, 4.69) is 0 Å². The predicted molar refractivity (Wildman–Crippen MR) is 39.6 cm³/mol. The zero-order valence-corrected chi connectivity index (χ0v) is 5.85. The van der Waals surface area contributed by atoms with Crippen molar-refractivity contribution in [2.45, 2.75) is 0 Å². The maximum Gasteiger partial charge on any atom is 0.311 e. The molecule has 0 saturated heterocycles. The van der Waals surface area contributed by atoms with Crippen LogP contribution in [0.3, 0.4) is 0 Å². The summed E-state index contributed by atoms with van der Waals surface area (Å²) >= 11 is 0. The molecule has 1 aromatic carbocycles. The molecule has 1 rings (SSSR count). The molecule has 0 unspecified atom stereocenters. The highest BCUT2D eigenvalue weighted by Crippen LogP contribution is 2.27. The first kappa shape index (κ1) is 8.19. The van der Waals surface area contributed by atoms with Crippen molar-refractivity contribution in [3.8, 4) is 5.75 Å². The van der Waals surface area contributed by atoms with Gasteiger partial charge in [0.2, 0.25) is 12.0 Å². The van der Waals surface area contributed by atoms with Gasteiger partial charge in [-0.15, -0.1) is 0 Å². The van der Waals surface area contributed by atoms with Gasteiger partial charge in [-0.05, 0) is 6.07 Å². The zero-order chi connectivity index (χ0) is 9.14. The number of nitrogens with zero attached hydrogens (tertiary/aromatic N) is 1. The van der Waals surface area contributed by atoms with Crippen molar-refractivity contribution in [1.29, 1.82) is 0 Å². The lowest BCUT2D eigenvalue weighted by atomic mass is 10.2. The van der Waals surface area contributed by atoms with Crippen LogP contribution in [-0.4, -0.2) is 16.3 Å². The number of rotatable bonds is 2. The number of benzene rings is 1. The summed E-state index contributed by atoms with van der Waals surface area (Å²) in [6.45, 7) is 0. The van der Waals surface area contributed by atoms with Crippen LogP contribution >= 0.6 is 0 Å². The fourth-order valence-electron chi connectivity index (χ4n) is 0.761. The summed E-state index contributed by atoms with van der Waals surface area (Å²) in [6.07, 6.45) is 1.39. The Balaban J connectivity index is 3.32. The molecule has 5 heteroatoms. The Hall–Kier alpha value is -1.91. The maximum absolute atomic E-state index is 10.2. The summed E-state index contributed by atoms with van der Waals surface area (Å²) < 4.78 is 0. The smallest absolute Gasteiger partial charge is 0.311 e. The minimum Gasteiger partial charge on any atom is -0.502 e. The van der Waals surface area contributed by atoms with Crippen molar-refractivity contribution < 1.29 is 14.8 Å². The van der Waals surface area contributed by atoms with Gasteiger partial charge in [0.15, 0.2) is 0 Å². The van der Waals surface area contributed by atoms with Gasteiger partial charge < -0.3 is 5.11 Å². The average Bonchev–Trinajstić information content (AvgIpc) is 2.04. The molecular weight excluding hydrogens is 162 g/mol. The van der Waals surface area contributed by atoms with Gasteiger partial charge in [0, 0.05) is 6.07 Å². The molecule has 5 nitrogen and oxygen atoms in total. The molecule has 0 aromatic heterocycles. The van der Waals surface area contributed by atoms with E-state index < -0.39 is 16.4 Å². The van der Waals surface area contributed by atoms with E-state index >= 15 is 0 Å². The van der Waals surface area contributed by atoms with Crippen LogP contribution in [0.4, 0.5) is 5.69 Å². The molecule has 1 radical (unpaired) electrons. The van der Waals surface area contributed by atoms with Crippen molar-refractivity contribution in [1.82, 2.24) is 0 Å². The van der Waals surface area contributed by atoms with Crippen LogP contribution < -0.4 is 0 Å². The lowest BCUT2D eigenvalue weighted by Crippen LogP contribution is -1.91. The topological polar surface area (TPSA) is 80.4 Å². The number of hydrogen-bond donors (Lipinski definition) is 1. The molecule has 1 N–H and O–H groups in total. The third-order valence-electron chi connectivity index (χ3n) is 1.32. The van der Waals surface area contributed by atoms with Crippen molar-refractivity contribution >= 4 is 12.0 Å². The molecule has 0 heterocycles. The van der Waals surface area contributed by atoms with E-state index in [1.807, 2.05) is 0 Å². The quantitative estimate of drug-likeness (QED) is 0.519. The van der Waals surface area contributed by atoms with Crippen LogP contribution in [0, 0.1) is 10.1 Å². The SMILES string of the molecule is O=[C]c1cccc([N+](=O)[O-])c1O. The first-order chi connectivity index (χ1) is 5.66. The second-order valence-electron chi connectivity index (χ2n) is 2.03. The van der Waals surface area contributed by atoms with Gasteiger partial charge in [-0.3, -0.25) is 14.9 Å². The summed E-state index contributed by atoms with van der Waals surface area (Å²) in [4.78, 5) is 19.5. The molecule has 61 valence electrons. The lowest BCUT2D eigenvalue weighted by Gasteiger charge is -1.95. The zero-order valence-electron chi connectivity index (χ0n) is 5.85. The van der Waals surface area contributed by atoms with E-state index in [1.54, 1.807) is 0 Å². The number of aromatic hydroxyl groups is 1. The molecule has 12 heavy (non-hydrogen) atoms. The molecular formula is C7H4NO4. The Morgan fingerprint density at radius 1 is 1.50 bits per heavy atom. The standard InChI is InChI=1S/C7H4NO4/c9-4-5-2-1-3-6(7(5)10)8(11)12/h1-3,10H. The van der Waals surface area contributed by atoms with E-state index in [0.29, 0.717) is 0 Å². The van der Waals surface area contributed by atoms with Gasteiger partial charge in [-0.25, -0.2) is 0 Å². The fourth-order valence-corrected chi connectivity index (χ4v) is 0.761. The average molecular weight is 166 g/mol. The van der Waals surface area contributed by atoms with Crippen LogP contribution in [-0.2, 0) is 4.79 Å². The Kier molecular flexibility index (Phi) is 2.05. The van der Waals surface area contributed by atoms with Crippen LogP contribution in [0.1, 0.15) is 5.56 Å². The molecule has 1 aromatic rings. The molecule has 0 aliphatic rings. The number of phenols is 1. The van der Waals surface area contributed by atoms with Crippen LogP contribution in [0.15, 0.2) is 18.2 Å². The van der Waals surface area contributed by atoms with Gasteiger partial charge in [0.05, 0.1) is 10.5 Å². The molecule has 0 aliphatic heterocycles. The van der Waals surface area contributed by atoms with Gasteiger partial charge in [0.1, 0.15) is 0 Å². The molecule has 0 spiro atoms. The molecule has 0 saturated carbocycles. The molecule has 0 atom stereocenters.